The van der Waals surface area contributed by atoms with E-state index < -0.39 is 0 Å². The maximum atomic E-state index is 11.7. The summed E-state index contributed by atoms with van der Waals surface area (Å²) in [5.74, 6) is 0.282. The summed E-state index contributed by atoms with van der Waals surface area (Å²) >= 11 is 7.77. The van der Waals surface area contributed by atoms with Gasteiger partial charge >= 0.3 is 5.97 Å². The first-order valence-electron chi connectivity index (χ1n) is 7.47. The van der Waals surface area contributed by atoms with Crippen molar-refractivity contribution < 1.29 is 13.9 Å². The van der Waals surface area contributed by atoms with Crippen LogP contribution in [-0.2, 0) is 22.6 Å². The predicted octanol–water partition coefficient (Wildman–Crippen LogP) is 4.52. The van der Waals surface area contributed by atoms with Crippen LogP contribution in [0.25, 0.3) is 11.5 Å². The Kier molecular flexibility index (Phi) is 5.61. The number of aromatic nitrogens is 2. The maximum Gasteiger partial charge on any atom is 0.306 e. The number of hydrogen-bond acceptors (Lipinski definition) is 6. The van der Waals surface area contributed by atoms with Gasteiger partial charge in [0.1, 0.15) is 0 Å². The van der Waals surface area contributed by atoms with Crippen LogP contribution in [0, 0.1) is 0 Å². The number of benzene rings is 1. The highest BCUT2D eigenvalue weighted by molar-refractivity contribution is 7.09. The minimum atomic E-state index is -0.274. The minimum absolute atomic E-state index is 0.0325. The van der Waals surface area contributed by atoms with Crippen LogP contribution in [-0.4, -0.2) is 16.2 Å². The summed E-state index contributed by atoms with van der Waals surface area (Å²) in [6.45, 7) is -0.0325. The number of aryl methyl sites for hydroxylation is 1. The van der Waals surface area contributed by atoms with E-state index in [2.05, 4.69) is 16.3 Å². The highest BCUT2D eigenvalue weighted by Crippen LogP contribution is 2.26. The van der Waals surface area contributed by atoms with Crippen molar-refractivity contribution in [3.8, 4) is 11.5 Å². The Morgan fingerprint density at radius 3 is 2.88 bits per heavy atom. The van der Waals surface area contributed by atoms with Crippen molar-refractivity contribution in [2.24, 2.45) is 0 Å². The van der Waals surface area contributed by atoms with Crippen molar-refractivity contribution in [2.75, 3.05) is 0 Å². The maximum absolute atomic E-state index is 11.7. The number of ether oxygens (including phenoxy) is 1. The third-order valence-corrected chi connectivity index (χ3v) is 4.58. The number of nitrogens with zero attached hydrogens (tertiary/aromatic N) is 2. The summed E-state index contributed by atoms with van der Waals surface area (Å²) in [7, 11) is 0. The van der Waals surface area contributed by atoms with Crippen LogP contribution in [0.4, 0.5) is 0 Å². The minimum Gasteiger partial charge on any atom is -0.456 e. The monoisotopic (exact) mass is 362 g/mol. The normalized spacial score (nSPS) is 10.7. The summed E-state index contributed by atoms with van der Waals surface area (Å²) in [5, 5.41) is 10.4. The van der Waals surface area contributed by atoms with Gasteiger partial charge in [0.2, 0.25) is 5.89 Å². The lowest BCUT2D eigenvalue weighted by Crippen LogP contribution is -2.05. The molecule has 0 aliphatic rings. The number of carbonyl (C=O) groups is 1. The molecule has 3 rings (SSSR count). The third-order valence-electron chi connectivity index (χ3n) is 3.31. The molecule has 0 spiro atoms. The summed E-state index contributed by atoms with van der Waals surface area (Å²) < 4.78 is 10.6. The fourth-order valence-corrected chi connectivity index (χ4v) is 3.10. The van der Waals surface area contributed by atoms with E-state index in [1.807, 2.05) is 23.6 Å². The lowest BCUT2D eigenvalue weighted by molar-refractivity contribution is -0.145. The molecule has 24 heavy (non-hydrogen) atoms. The standard InChI is InChI=1S/C17H15ClN2O3S/c18-14-8-2-1-7-13(14)17-20-19-15(23-17)11-22-16(21)9-3-5-12-6-4-10-24-12/h1-2,4,6-8,10H,3,5,9,11H2. The number of rotatable bonds is 7. The molecule has 0 saturated carbocycles. The first kappa shape index (κ1) is 16.7. The summed E-state index contributed by atoms with van der Waals surface area (Å²) in [4.78, 5) is 13.0. The van der Waals surface area contributed by atoms with Gasteiger partial charge in [0.15, 0.2) is 6.61 Å². The number of thiophene rings is 1. The second kappa shape index (κ2) is 8.08. The van der Waals surface area contributed by atoms with Gasteiger partial charge in [-0.2, -0.15) is 0 Å². The Labute approximate surface area is 148 Å². The van der Waals surface area contributed by atoms with E-state index in [4.69, 9.17) is 20.8 Å². The molecule has 0 aliphatic carbocycles. The molecular formula is C17H15ClN2O3S. The molecule has 0 atom stereocenters. The summed E-state index contributed by atoms with van der Waals surface area (Å²) in [6, 6.07) is 11.2. The fraction of sp³-hybridized carbons (Fsp3) is 0.235. The van der Waals surface area contributed by atoms with Crippen LogP contribution >= 0.6 is 22.9 Å². The van der Waals surface area contributed by atoms with E-state index in [1.165, 1.54) is 4.88 Å². The van der Waals surface area contributed by atoms with Gasteiger partial charge in [0.25, 0.3) is 5.89 Å². The molecule has 0 saturated heterocycles. The van der Waals surface area contributed by atoms with Gasteiger partial charge in [-0.15, -0.1) is 21.5 Å². The SMILES string of the molecule is O=C(CCCc1cccs1)OCc1nnc(-c2ccccc2Cl)o1. The van der Waals surface area contributed by atoms with Crippen molar-refractivity contribution in [1.82, 2.24) is 10.2 Å². The number of halogens is 1. The highest BCUT2D eigenvalue weighted by atomic mass is 35.5. The van der Waals surface area contributed by atoms with Crippen molar-refractivity contribution in [2.45, 2.75) is 25.9 Å². The first-order chi connectivity index (χ1) is 11.7. The fourth-order valence-electron chi connectivity index (χ4n) is 2.13. The van der Waals surface area contributed by atoms with Gasteiger partial charge in [-0.3, -0.25) is 4.79 Å². The van der Waals surface area contributed by atoms with Gasteiger partial charge < -0.3 is 9.15 Å². The molecule has 2 aromatic heterocycles. The molecular weight excluding hydrogens is 348 g/mol. The van der Waals surface area contributed by atoms with Gasteiger partial charge in [0, 0.05) is 11.3 Å². The largest absolute Gasteiger partial charge is 0.456 e. The summed E-state index contributed by atoms with van der Waals surface area (Å²) in [5.41, 5.74) is 0.653. The zero-order chi connectivity index (χ0) is 16.8. The topological polar surface area (TPSA) is 65.2 Å². The van der Waals surface area contributed by atoms with E-state index >= 15 is 0 Å². The van der Waals surface area contributed by atoms with Gasteiger partial charge in [0.05, 0.1) is 10.6 Å². The molecule has 1 aromatic carbocycles. The molecule has 0 bridgehead atoms. The third kappa shape index (κ3) is 4.43. The number of esters is 1. The van der Waals surface area contributed by atoms with Crippen LogP contribution in [0.5, 0.6) is 0 Å². The van der Waals surface area contributed by atoms with E-state index in [1.54, 1.807) is 23.5 Å². The van der Waals surface area contributed by atoms with E-state index in [0.29, 0.717) is 22.9 Å². The molecule has 0 amide bonds. The zero-order valence-corrected chi connectivity index (χ0v) is 14.3. The van der Waals surface area contributed by atoms with Crippen LogP contribution in [0.1, 0.15) is 23.6 Å². The van der Waals surface area contributed by atoms with Gasteiger partial charge in [-0.1, -0.05) is 29.8 Å². The Balaban J connectivity index is 1.47. The van der Waals surface area contributed by atoms with Gasteiger partial charge in [-0.05, 0) is 36.4 Å². The lowest BCUT2D eigenvalue weighted by atomic mass is 10.2. The highest BCUT2D eigenvalue weighted by Gasteiger charge is 2.13. The number of carbonyl (C=O) groups excluding carboxylic acids is 1. The Morgan fingerprint density at radius 1 is 1.21 bits per heavy atom. The second-order valence-corrected chi connectivity index (χ2v) is 6.51. The Bertz CT molecular complexity index is 802. The second-order valence-electron chi connectivity index (χ2n) is 5.07. The van der Waals surface area contributed by atoms with E-state index in [9.17, 15) is 4.79 Å². The van der Waals surface area contributed by atoms with Crippen LogP contribution in [0.3, 0.4) is 0 Å². The quantitative estimate of drug-likeness (QED) is 0.578. The predicted molar refractivity (Wildman–Crippen MR) is 91.8 cm³/mol. The van der Waals surface area contributed by atoms with Crippen molar-refractivity contribution in [1.29, 1.82) is 0 Å². The number of hydrogen-bond donors (Lipinski definition) is 0. The average molecular weight is 363 g/mol. The molecule has 0 radical (unpaired) electrons. The molecule has 0 fully saturated rings. The molecule has 3 aromatic rings. The summed E-state index contributed by atoms with van der Waals surface area (Å²) in [6.07, 6.45) is 2.00. The Morgan fingerprint density at radius 2 is 2.08 bits per heavy atom. The van der Waals surface area contributed by atoms with Crippen molar-refractivity contribution in [3.63, 3.8) is 0 Å². The van der Waals surface area contributed by atoms with Crippen LogP contribution in [0.2, 0.25) is 5.02 Å². The average Bonchev–Trinajstić information content (AvgIpc) is 3.25. The van der Waals surface area contributed by atoms with Gasteiger partial charge in [-0.25, -0.2) is 0 Å². The Hall–Kier alpha value is -2.18. The molecule has 0 N–H and O–H groups in total. The van der Waals surface area contributed by atoms with Crippen molar-refractivity contribution in [3.05, 3.63) is 57.6 Å². The molecule has 2 heterocycles. The molecule has 0 unspecified atom stereocenters. The van der Waals surface area contributed by atoms with E-state index in [-0.39, 0.29) is 18.5 Å². The molecule has 7 heteroatoms. The van der Waals surface area contributed by atoms with Crippen molar-refractivity contribution >= 4 is 28.9 Å². The molecule has 5 nitrogen and oxygen atoms in total. The molecule has 124 valence electrons. The van der Waals surface area contributed by atoms with E-state index in [0.717, 1.165) is 12.8 Å². The lowest BCUT2D eigenvalue weighted by Gasteiger charge is -2.01. The first-order valence-corrected chi connectivity index (χ1v) is 8.73. The van der Waals surface area contributed by atoms with Crippen LogP contribution < -0.4 is 0 Å². The smallest absolute Gasteiger partial charge is 0.306 e. The van der Waals surface area contributed by atoms with Crippen LogP contribution in [0.15, 0.2) is 46.2 Å². The zero-order valence-electron chi connectivity index (χ0n) is 12.8. The molecule has 0 aliphatic heterocycles.